The van der Waals surface area contributed by atoms with Crippen molar-refractivity contribution in [2.45, 2.75) is 45.4 Å². The first-order chi connectivity index (χ1) is 15.6. The van der Waals surface area contributed by atoms with Crippen molar-refractivity contribution in [1.82, 2.24) is 4.31 Å². The van der Waals surface area contributed by atoms with Crippen LogP contribution in [-0.2, 0) is 26.0 Å². The highest BCUT2D eigenvalue weighted by atomic mass is 32.2. The Labute approximate surface area is 196 Å². The van der Waals surface area contributed by atoms with Gasteiger partial charge in [-0.3, -0.25) is 4.79 Å². The van der Waals surface area contributed by atoms with E-state index >= 15 is 0 Å². The van der Waals surface area contributed by atoms with Crippen LogP contribution in [0.4, 0.5) is 5.69 Å². The summed E-state index contributed by atoms with van der Waals surface area (Å²) in [6.45, 7) is 8.43. The van der Waals surface area contributed by atoms with Crippen LogP contribution in [0.2, 0.25) is 0 Å². The number of hydrogen-bond donors (Lipinski definition) is 1. The molecule has 2 unspecified atom stereocenters. The summed E-state index contributed by atoms with van der Waals surface area (Å²) in [5.74, 6) is -0.649. The summed E-state index contributed by atoms with van der Waals surface area (Å²) in [5.41, 5.74) is 2.73. The zero-order chi connectivity index (χ0) is 24.2. The minimum atomic E-state index is -3.72. The van der Waals surface area contributed by atoms with Crippen LogP contribution in [0.25, 0.3) is 0 Å². The lowest BCUT2D eigenvalue weighted by atomic mass is 9.94. The summed E-state index contributed by atoms with van der Waals surface area (Å²) in [6, 6.07) is 11.6. The smallest absolute Gasteiger partial charge is 0.338 e. The summed E-state index contributed by atoms with van der Waals surface area (Å²) in [4.78, 5) is 25.0. The van der Waals surface area contributed by atoms with Gasteiger partial charge in [0.2, 0.25) is 10.0 Å². The monoisotopic (exact) mass is 472 g/mol. The third-order valence-electron chi connectivity index (χ3n) is 5.88. The molecule has 1 aliphatic rings. The number of hydrogen-bond acceptors (Lipinski definition) is 5. The molecule has 0 aliphatic carbocycles. The summed E-state index contributed by atoms with van der Waals surface area (Å²) < 4.78 is 32.9. The summed E-state index contributed by atoms with van der Waals surface area (Å²) in [5, 5.41) is 2.80. The van der Waals surface area contributed by atoms with Crippen LogP contribution < -0.4 is 5.32 Å². The van der Waals surface area contributed by atoms with Crippen LogP contribution in [-0.4, -0.2) is 44.3 Å². The van der Waals surface area contributed by atoms with Crippen molar-refractivity contribution in [3.63, 3.8) is 0 Å². The Morgan fingerprint density at radius 2 is 1.76 bits per heavy atom. The van der Waals surface area contributed by atoms with Gasteiger partial charge in [-0.05, 0) is 60.9 Å². The van der Waals surface area contributed by atoms with Crippen molar-refractivity contribution in [1.29, 1.82) is 0 Å². The van der Waals surface area contributed by atoms with Crippen LogP contribution in [0.15, 0.2) is 47.4 Å². The third kappa shape index (κ3) is 6.00. The molecule has 1 heterocycles. The number of nitrogens with one attached hydrogen (secondary N) is 1. The molecule has 1 amide bonds. The second-order valence-electron chi connectivity index (χ2n) is 8.88. The fourth-order valence-electron chi connectivity index (χ4n) is 4.33. The molecule has 7 nitrogen and oxygen atoms in total. The average molecular weight is 473 g/mol. The minimum absolute atomic E-state index is 0.0511. The summed E-state index contributed by atoms with van der Waals surface area (Å²) >= 11 is 0. The van der Waals surface area contributed by atoms with E-state index in [0.29, 0.717) is 13.1 Å². The van der Waals surface area contributed by atoms with Crippen LogP contribution in [0.5, 0.6) is 0 Å². The van der Waals surface area contributed by atoms with E-state index < -0.39 is 28.5 Å². The number of piperidine rings is 1. The summed E-state index contributed by atoms with van der Waals surface area (Å²) in [7, 11) is -3.72. The second kappa shape index (κ2) is 10.5. The molecule has 1 aliphatic heterocycles. The zero-order valence-corrected chi connectivity index (χ0v) is 20.4. The highest BCUT2D eigenvalue weighted by molar-refractivity contribution is 7.89. The van der Waals surface area contributed by atoms with Gasteiger partial charge in [-0.15, -0.1) is 0 Å². The fourth-order valence-corrected chi connectivity index (χ4v) is 6.05. The first-order valence-corrected chi connectivity index (χ1v) is 12.7. The lowest BCUT2D eigenvalue weighted by Gasteiger charge is -2.34. The van der Waals surface area contributed by atoms with Gasteiger partial charge in [-0.1, -0.05) is 45.0 Å². The van der Waals surface area contributed by atoms with Gasteiger partial charge in [0.25, 0.3) is 5.91 Å². The average Bonchev–Trinajstić information content (AvgIpc) is 2.78. The van der Waals surface area contributed by atoms with Crippen molar-refractivity contribution >= 4 is 27.6 Å². The number of carbonyl (C=O) groups excluding carboxylic acids is 2. The van der Waals surface area contributed by atoms with Crippen molar-refractivity contribution < 1.29 is 22.7 Å². The molecular formula is C25H32N2O5S. The molecule has 0 spiro atoms. The number of sulfonamides is 1. The molecular weight excluding hydrogens is 440 g/mol. The van der Waals surface area contributed by atoms with E-state index in [1.54, 1.807) is 0 Å². The van der Waals surface area contributed by atoms with Gasteiger partial charge in [0.05, 0.1) is 10.5 Å². The van der Waals surface area contributed by atoms with Gasteiger partial charge in [0.1, 0.15) is 0 Å². The number of carbonyl (C=O) groups is 2. The van der Waals surface area contributed by atoms with Crippen molar-refractivity contribution in [2.75, 3.05) is 25.0 Å². The minimum Gasteiger partial charge on any atom is -0.452 e. The van der Waals surface area contributed by atoms with E-state index in [-0.39, 0.29) is 22.3 Å². The molecule has 2 aromatic carbocycles. The molecule has 2 aromatic rings. The number of para-hydroxylation sites is 1. The van der Waals surface area contributed by atoms with Gasteiger partial charge in [0.15, 0.2) is 6.61 Å². The van der Waals surface area contributed by atoms with Crippen LogP contribution in [0.1, 0.15) is 48.7 Å². The van der Waals surface area contributed by atoms with E-state index in [1.807, 2.05) is 45.9 Å². The lowest BCUT2D eigenvalue weighted by Crippen LogP contribution is -2.42. The van der Waals surface area contributed by atoms with E-state index in [0.717, 1.165) is 29.7 Å². The molecule has 8 heteroatoms. The molecule has 0 bridgehead atoms. The zero-order valence-electron chi connectivity index (χ0n) is 19.6. The highest BCUT2D eigenvalue weighted by Crippen LogP contribution is 2.27. The van der Waals surface area contributed by atoms with Crippen LogP contribution in [0, 0.1) is 18.8 Å². The third-order valence-corrected chi connectivity index (χ3v) is 7.71. The van der Waals surface area contributed by atoms with E-state index in [2.05, 4.69) is 5.32 Å². The molecule has 33 heavy (non-hydrogen) atoms. The molecule has 2 atom stereocenters. The molecule has 1 N–H and O–H groups in total. The molecule has 0 saturated carbocycles. The van der Waals surface area contributed by atoms with E-state index in [1.165, 1.54) is 28.6 Å². The number of amides is 1. The first-order valence-electron chi connectivity index (χ1n) is 11.3. The van der Waals surface area contributed by atoms with E-state index in [4.69, 9.17) is 4.74 Å². The Kier molecular flexibility index (Phi) is 7.92. The maximum Gasteiger partial charge on any atom is 0.338 e. The van der Waals surface area contributed by atoms with Crippen LogP contribution in [0.3, 0.4) is 0 Å². The normalized spacial score (nSPS) is 19.2. The predicted octanol–water partition coefficient (Wildman–Crippen LogP) is 4.02. The Bertz CT molecular complexity index is 1120. The second-order valence-corrected chi connectivity index (χ2v) is 10.8. The Morgan fingerprint density at radius 1 is 1.09 bits per heavy atom. The van der Waals surface area contributed by atoms with Crippen molar-refractivity contribution in [3.8, 4) is 0 Å². The fraction of sp³-hybridized carbons (Fsp3) is 0.440. The number of nitrogens with zero attached hydrogens (tertiary/aromatic N) is 1. The van der Waals surface area contributed by atoms with Gasteiger partial charge >= 0.3 is 5.97 Å². The Hall–Kier alpha value is -2.71. The molecule has 3 rings (SSSR count). The highest BCUT2D eigenvalue weighted by Gasteiger charge is 2.32. The predicted molar refractivity (Wildman–Crippen MR) is 128 cm³/mol. The quantitative estimate of drug-likeness (QED) is 0.615. The van der Waals surface area contributed by atoms with Crippen molar-refractivity contribution in [2.24, 2.45) is 11.8 Å². The number of benzene rings is 2. The van der Waals surface area contributed by atoms with Gasteiger partial charge in [0, 0.05) is 18.8 Å². The first kappa shape index (κ1) is 24.9. The summed E-state index contributed by atoms with van der Waals surface area (Å²) in [6.07, 6.45) is 1.75. The number of aryl methyl sites for hydroxylation is 2. The van der Waals surface area contributed by atoms with Gasteiger partial charge < -0.3 is 10.1 Å². The van der Waals surface area contributed by atoms with Crippen LogP contribution >= 0.6 is 0 Å². The lowest BCUT2D eigenvalue weighted by molar-refractivity contribution is -0.119. The standard InChI is InChI=1S/C25H32N2O5S/c1-5-20-9-6-8-19(4)24(20)26-23(28)16-32-25(29)21-10-7-11-22(13-21)33(30,31)27-14-17(2)12-18(3)15-27/h6-11,13,17-18H,5,12,14-16H2,1-4H3,(H,26,28). The topological polar surface area (TPSA) is 92.8 Å². The van der Waals surface area contributed by atoms with Gasteiger partial charge in [-0.2, -0.15) is 4.31 Å². The largest absolute Gasteiger partial charge is 0.452 e. The van der Waals surface area contributed by atoms with Gasteiger partial charge in [-0.25, -0.2) is 13.2 Å². The molecule has 0 radical (unpaired) electrons. The molecule has 1 saturated heterocycles. The molecule has 1 fully saturated rings. The van der Waals surface area contributed by atoms with E-state index in [9.17, 15) is 18.0 Å². The Balaban J connectivity index is 1.67. The maximum absolute atomic E-state index is 13.1. The number of rotatable bonds is 7. The molecule has 0 aromatic heterocycles. The number of ether oxygens (including phenoxy) is 1. The number of esters is 1. The maximum atomic E-state index is 13.1. The molecule has 178 valence electrons. The number of anilines is 1. The van der Waals surface area contributed by atoms with Crippen molar-refractivity contribution in [3.05, 3.63) is 59.2 Å². The SMILES string of the molecule is CCc1cccc(C)c1NC(=O)COC(=O)c1cccc(S(=O)(=O)N2CC(C)CC(C)C2)c1. The Morgan fingerprint density at radius 3 is 2.42 bits per heavy atom.